The minimum atomic E-state index is -2.81. The van der Waals surface area contributed by atoms with Gasteiger partial charge >= 0.3 is 0 Å². The Labute approximate surface area is 135 Å². The molecule has 1 saturated heterocycles. The standard InChI is InChI=1S/C16H20FN3O2S/c17-13-2-3-14-15(4-6-19-16(14)12-13)18-5-1-7-20-8-10-23(21,22)11-9-20/h2-4,6,12H,1,5,7-11H2,(H,18,19). The molecule has 7 heteroatoms. The van der Waals surface area contributed by atoms with Crippen molar-refractivity contribution in [3.63, 3.8) is 0 Å². The van der Waals surface area contributed by atoms with E-state index >= 15 is 0 Å². The van der Waals surface area contributed by atoms with E-state index in [4.69, 9.17) is 0 Å². The van der Waals surface area contributed by atoms with Crippen LogP contribution in [-0.2, 0) is 9.84 Å². The molecular formula is C16H20FN3O2S. The summed E-state index contributed by atoms with van der Waals surface area (Å²) < 4.78 is 36.0. The van der Waals surface area contributed by atoms with Gasteiger partial charge in [0.25, 0.3) is 0 Å². The van der Waals surface area contributed by atoms with E-state index in [1.807, 2.05) is 6.07 Å². The number of fused-ring (bicyclic) bond motifs is 1. The smallest absolute Gasteiger partial charge is 0.152 e. The molecule has 0 spiro atoms. The van der Waals surface area contributed by atoms with Gasteiger partial charge in [-0.25, -0.2) is 12.8 Å². The van der Waals surface area contributed by atoms with Gasteiger partial charge < -0.3 is 10.2 Å². The molecule has 1 aromatic heterocycles. The number of sulfone groups is 1. The van der Waals surface area contributed by atoms with Crippen LogP contribution in [0, 0.1) is 5.82 Å². The number of pyridine rings is 1. The first kappa shape index (κ1) is 16.1. The number of aromatic nitrogens is 1. The molecule has 0 aliphatic carbocycles. The normalized spacial score (nSPS) is 18.1. The monoisotopic (exact) mass is 337 g/mol. The highest BCUT2D eigenvalue weighted by Gasteiger charge is 2.20. The molecule has 1 N–H and O–H groups in total. The lowest BCUT2D eigenvalue weighted by Gasteiger charge is -2.26. The lowest BCUT2D eigenvalue weighted by molar-refractivity contribution is 0.295. The zero-order chi connectivity index (χ0) is 16.3. The van der Waals surface area contributed by atoms with E-state index < -0.39 is 9.84 Å². The van der Waals surface area contributed by atoms with Crippen molar-refractivity contribution in [1.82, 2.24) is 9.88 Å². The van der Waals surface area contributed by atoms with Gasteiger partial charge in [0.05, 0.1) is 17.0 Å². The second-order valence-corrected chi connectivity index (χ2v) is 8.10. The van der Waals surface area contributed by atoms with Crippen molar-refractivity contribution in [2.75, 3.05) is 43.0 Å². The summed E-state index contributed by atoms with van der Waals surface area (Å²) in [7, 11) is -2.81. The minimum absolute atomic E-state index is 0.265. The Balaban J connectivity index is 1.52. The van der Waals surface area contributed by atoms with Gasteiger partial charge in [0, 0.05) is 43.0 Å². The number of hydrogen-bond donors (Lipinski definition) is 1. The molecule has 3 rings (SSSR count). The summed E-state index contributed by atoms with van der Waals surface area (Å²) in [6, 6.07) is 6.47. The molecule has 0 saturated carbocycles. The van der Waals surface area contributed by atoms with Gasteiger partial charge in [-0.1, -0.05) is 0 Å². The van der Waals surface area contributed by atoms with Crippen molar-refractivity contribution >= 4 is 26.4 Å². The summed E-state index contributed by atoms with van der Waals surface area (Å²) in [4.78, 5) is 6.36. The molecular weight excluding hydrogens is 317 g/mol. The van der Waals surface area contributed by atoms with Gasteiger partial charge in [0.2, 0.25) is 0 Å². The topological polar surface area (TPSA) is 62.3 Å². The van der Waals surface area contributed by atoms with E-state index in [9.17, 15) is 12.8 Å². The van der Waals surface area contributed by atoms with Crippen LogP contribution in [0.2, 0.25) is 0 Å². The Morgan fingerprint density at radius 1 is 1.22 bits per heavy atom. The quantitative estimate of drug-likeness (QED) is 0.845. The molecule has 0 atom stereocenters. The zero-order valence-electron chi connectivity index (χ0n) is 12.8. The maximum absolute atomic E-state index is 13.2. The van der Waals surface area contributed by atoms with Crippen LogP contribution >= 0.6 is 0 Å². The predicted molar refractivity (Wildman–Crippen MR) is 89.9 cm³/mol. The fraction of sp³-hybridized carbons (Fsp3) is 0.438. The number of rotatable bonds is 5. The Morgan fingerprint density at radius 3 is 2.78 bits per heavy atom. The van der Waals surface area contributed by atoms with Crippen LogP contribution < -0.4 is 5.32 Å². The first-order chi connectivity index (χ1) is 11.0. The fourth-order valence-corrected chi connectivity index (χ4v) is 4.05. The highest BCUT2D eigenvalue weighted by atomic mass is 32.2. The van der Waals surface area contributed by atoms with Gasteiger partial charge in [0.15, 0.2) is 9.84 Å². The first-order valence-corrected chi connectivity index (χ1v) is 9.57. The number of nitrogens with zero attached hydrogens (tertiary/aromatic N) is 2. The number of hydrogen-bond acceptors (Lipinski definition) is 5. The van der Waals surface area contributed by atoms with E-state index in [2.05, 4.69) is 15.2 Å². The summed E-state index contributed by atoms with van der Waals surface area (Å²) in [5.74, 6) is 0.240. The van der Waals surface area contributed by atoms with Gasteiger partial charge in [-0.2, -0.15) is 0 Å². The summed E-state index contributed by atoms with van der Waals surface area (Å²) in [6.07, 6.45) is 2.59. The largest absolute Gasteiger partial charge is 0.384 e. The van der Waals surface area contributed by atoms with E-state index in [0.717, 1.165) is 30.6 Å². The predicted octanol–water partition coefficient (Wildman–Crippen LogP) is 1.91. The average molecular weight is 337 g/mol. The van der Waals surface area contributed by atoms with Crippen LogP contribution in [0.15, 0.2) is 30.5 Å². The van der Waals surface area contributed by atoms with Crippen molar-refractivity contribution in [1.29, 1.82) is 0 Å². The van der Waals surface area contributed by atoms with Gasteiger partial charge in [0.1, 0.15) is 5.82 Å². The van der Waals surface area contributed by atoms with E-state index in [1.54, 1.807) is 12.3 Å². The SMILES string of the molecule is O=S1(=O)CCN(CCCNc2ccnc3cc(F)ccc23)CC1. The molecule has 0 radical (unpaired) electrons. The summed E-state index contributed by atoms with van der Waals surface area (Å²) in [6.45, 7) is 2.90. The molecule has 2 heterocycles. The third kappa shape index (κ3) is 4.17. The molecule has 2 aromatic rings. The summed E-state index contributed by atoms with van der Waals surface area (Å²) >= 11 is 0. The number of anilines is 1. The van der Waals surface area contributed by atoms with Crippen molar-refractivity contribution in [3.05, 3.63) is 36.3 Å². The molecule has 0 unspecified atom stereocenters. The van der Waals surface area contributed by atoms with Crippen LogP contribution in [0.5, 0.6) is 0 Å². The second-order valence-electron chi connectivity index (χ2n) is 5.79. The number of nitrogens with one attached hydrogen (secondary N) is 1. The molecule has 1 aromatic carbocycles. The molecule has 124 valence electrons. The van der Waals surface area contributed by atoms with Crippen molar-refractivity contribution in [2.24, 2.45) is 0 Å². The van der Waals surface area contributed by atoms with Crippen molar-refractivity contribution < 1.29 is 12.8 Å². The Morgan fingerprint density at radius 2 is 2.00 bits per heavy atom. The third-order valence-corrected chi connectivity index (χ3v) is 5.72. The minimum Gasteiger partial charge on any atom is -0.384 e. The Bertz CT molecular complexity index is 781. The van der Waals surface area contributed by atoms with Gasteiger partial charge in [-0.05, 0) is 31.2 Å². The fourth-order valence-electron chi connectivity index (χ4n) is 2.77. The molecule has 0 bridgehead atoms. The van der Waals surface area contributed by atoms with Crippen LogP contribution in [0.1, 0.15) is 6.42 Å². The van der Waals surface area contributed by atoms with Crippen molar-refractivity contribution in [3.8, 4) is 0 Å². The van der Waals surface area contributed by atoms with E-state index in [0.29, 0.717) is 18.6 Å². The maximum Gasteiger partial charge on any atom is 0.152 e. The lowest BCUT2D eigenvalue weighted by Crippen LogP contribution is -2.41. The van der Waals surface area contributed by atoms with E-state index in [-0.39, 0.29) is 17.3 Å². The average Bonchev–Trinajstić information content (AvgIpc) is 2.52. The van der Waals surface area contributed by atoms with Crippen LogP contribution in [0.4, 0.5) is 10.1 Å². The maximum atomic E-state index is 13.2. The van der Waals surface area contributed by atoms with Gasteiger partial charge in [-0.3, -0.25) is 4.98 Å². The van der Waals surface area contributed by atoms with Crippen LogP contribution in [-0.4, -0.2) is 56.0 Å². The third-order valence-electron chi connectivity index (χ3n) is 4.11. The zero-order valence-corrected chi connectivity index (χ0v) is 13.7. The molecule has 1 aliphatic heterocycles. The summed E-state index contributed by atoms with van der Waals surface area (Å²) in [5.41, 5.74) is 1.58. The number of halogens is 1. The molecule has 5 nitrogen and oxygen atoms in total. The molecule has 0 amide bonds. The highest BCUT2D eigenvalue weighted by molar-refractivity contribution is 7.91. The lowest BCUT2D eigenvalue weighted by atomic mass is 10.2. The van der Waals surface area contributed by atoms with Crippen LogP contribution in [0.3, 0.4) is 0 Å². The summed E-state index contributed by atoms with van der Waals surface area (Å²) in [5, 5.41) is 4.26. The number of benzene rings is 1. The Kier molecular flexibility index (Phi) is 4.77. The molecule has 23 heavy (non-hydrogen) atoms. The van der Waals surface area contributed by atoms with E-state index in [1.165, 1.54) is 12.1 Å². The molecule has 1 fully saturated rings. The highest BCUT2D eigenvalue weighted by Crippen LogP contribution is 2.22. The van der Waals surface area contributed by atoms with Crippen LogP contribution in [0.25, 0.3) is 10.9 Å². The van der Waals surface area contributed by atoms with Gasteiger partial charge in [-0.15, -0.1) is 0 Å². The second kappa shape index (κ2) is 6.80. The Hall–Kier alpha value is -1.73. The first-order valence-electron chi connectivity index (χ1n) is 7.74. The molecule has 1 aliphatic rings. The van der Waals surface area contributed by atoms with Crippen molar-refractivity contribution in [2.45, 2.75) is 6.42 Å².